The summed E-state index contributed by atoms with van der Waals surface area (Å²) in [6.07, 6.45) is 0. The zero-order valence-electron chi connectivity index (χ0n) is 10.4. The Balaban J connectivity index is 3.20. The van der Waals surface area contributed by atoms with E-state index in [1.165, 1.54) is 0 Å². The minimum absolute atomic E-state index is 0.130. The summed E-state index contributed by atoms with van der Waals surface area (Å²) in [6.45, 7) is 0.538. The maximum Gasteiger partial charge on any atom is 0.165 e. The number of hydrogen-bond donors (Lipinski definition) is 1. The first-order valence-corrected chi connectivity index (χ1v) is 5.23. The Morgan fingerprint density at radius 1 is 1.25 bits per heavy atom. The molecule has 0 saturated heterocycles. The molecule has 0 heterocycles. The predicted molar refractivity (Wildman–Crippen MR) is 65.0 cm³/mol. The summed E-state index contributed by atoms with van der Waals surface area (Å²) in [5, 5.41) is 0. The number of methoxy groups -OCH3 is 2. The number of para-hydroxylation sites is 1. The van der Waals surface area contributed by atoms with Crippen LogP contribution in [0.1, 0.15) is 11.6 Å². The summed E-state index contributed by atoms with van der Waals surface area (Å²) < 4.78 is 10.7. The Labute approximate surface area is 96.9 Å². The predicted octanol–water partition coefficient (Wildman–Crippen LogP) is 1.27. The first-order valence-electron chi connectivity index (χ1n) is 5.23. The Bertz CT molecular complexity index is 340. The fourth-order valence-corrected chi connectivity index (χ4v) is 1.79. The molecule has 2 N–H and O–H groups in total. The molecule has 0 spiro atoms. The average molecular weight is 224 g/mol. The van der Waals surface area contributed by atoms with E-state index in [1.807, 2.05) is 32.3 Å². The van der Waals surface area contributed by atoms with Crippen molar-refractivity contribution in [3.05, 3.63) is 23.8 Å². The molecular weight excluding hydrogens is 204 g/mol. The van der Waals surface area contributed by atoms with Crippen LogP contribution in [0.2, 0.25) is 0 Å². The van der Waals surface area contributed by atoms with E-state index in [1.54, 1.807) is 14.2 Å². The van der Waals surface area contributed by atoms with Crippen LogP contribution in [-0.2, 0) is 0 Å². The van der Waals surface area contributed by atoms with Gasteiger partial charge < -0.3 is 20.1 Å². The molecular formula is C12H20N2O2. The summed E-state index contributed by atoms with van der Waals surface area (Å²) in [6, 6.07) is 5.97. The van der Waals surface area contributed by atoms with Gasteiger partial charge in [0.25, 0.3) is 0 Å². The van der Waals surface area contributed by atoms with E-state index in [-0.39, 0.29) is 6.04 Å². The number of nitrogens with zero attached hydrogens (tertiary/aromatic N) is 1. The fourth-order valence-electron chi connectivity index (χ4n) is 1.79. The van der Waals surface area contributed by atoms with Gasteiger partial charge in [0.1, 0.15) is 0 Å². The Kier molecular flexibility index (Phi) is 4.58. The van der Waals surface area contributed by atoms with Gasteiger partial charge in [0, 0.05) is 12.1 Å². The second-order valence-corrected chi connectivity index (χ2v) is 3.80. The van der Waals surface area contributed by atoms with Crippen LogP contribution in [0.5, 0.6) is 11.5 Å². The molecule has 4 nitrogen and oxygen atoms in total. The monoisotopic (exact) mass is 224 g/mol. The van der Waals surface area contributed by atoms with Crippen molar-refractivity contribution in [1.29, 1.82) is 0 Å². The van der Waals surface area contributed by atoms with Crippen LogP contribution in [0.3, 0.4) is 0 Å². The molecule has 16 heavy (non-hydrogen) atoms. The van der Waals surface area contributed by atoms with Crippen molar-refractivity contribution in [2.75, 3.05) is 34.9 Å². The van der Waals surface area contributed by atoms with Crippen LogP contribution in [0.15, 0.2) is 18.2 Å². The summed E-state index contributed by atoms with van der Waals surface area (Å²) in [4.78, 5) is 2.07. The van der Waals surface area contributed by atoms with Crippen molar-refractivity contribution < 1.29 is 9.47 Å². The zero-order chi connectivity index (χ0) is 12.1. The molecule has 4 heteroatoms. The number of likely N-dealkylation sites (N-methyl/N-ethyl adjacent to an activating group) is 1. The third kappa shape index (κ3) is 2.46. The highest BCUT2D eigenvalue weighted by molar-refractivity contribution is 5.48. The molecule has 0 unspecified atom stereocenters. The Morgan fingerprint density at radius 3 is 2.38 bits per heavy atom. The first-order chi connectivity index (χ1) is 7.65. The van der Waals surface area contributed by atoms with Crippen LogP contribution in [0.4, 0.5) is 0 Å². The summed E-state index contributed by atoms with van der Waals surface area (Å²) in [5.41, 5.74) is 6.83. The van der Waals surface area contributed by atoms with Crippen molar-refractivity contribution in [3.63, 3.8) is 0 Å². The van der Waals surface area contributed by atoms with Gasteiger partial charge in [-0.1, -0.05) is 12.1 Å². The lowest BCUT2D eigenvalue weighted by Gasteiger charge is -2.25. The third-order valence-electron chi connectivity index (χ3n) is 2.64. The lowest BCUT2D eigenvalue weighted by Crippen LogP contribution is -2.27. The molecule has 0 aromatic heterocycles. The van der Waals surface area contributed by atoms with Gasteiger partial charge in [0.05, 0.1) is 20.3 Å². The van der Waals surface area contributed by atoms with Crippen molar-refractivity contribution in [1.82, 2.24) is 4.90 Å². The molecule has 0 saturated carbocycles. The fraction of sp³-hybridized carbons (Fsp3) is 0.500. The van der Waals surface area contributed by atoms with Gasteiger partial charge in [-0.25, -0.2) is 0 Å². The molecule has 1 aromatic rings. The third-order valence-corrected chi connectivity index (χ3v) is 2.64. The van der Waals surface area contributed by atoms with Gasteiger partial charge in [0.2, 0.25) is 0 Å². The minimum atomic E-state index is 0.130. The van der Waals surface area contributed by atoms with Gasteiger partial charge in [-0.15, -0.1) is 0 Å². The first kappa shape index (κ1) is 12.8. The summed E-state index contributed by atoms with van der Waals surface area (Å²) in [7, 11) is 7.27. The molecule has 1 rings (SSSR count). The van der Waals surface area contributed by atoms with Crippen molar-refractivity contribution in [3.8, 4) is 11.5 Å². The Morgan fingerprint density at radius 2 is 1.94 bits per heavy atom. The summed E-state index contributed by atoms with van der Waals surface area (Å²) in [5.74, 6) is 1.49. The number of nitrogens with two attached hydrogens (primary N) is 1. The quantitative estimate of drug-likeness (QED) is 0.818. The van der Waals surface area contributed by atoms with E-state index in [9.17, 15) is 0 Å². The lowest BCUT2D eigenvalue weighted by molar-refractivity contribution is 0.288. The highest BCUT2D eigenvalue weighted by atomic mass is 16.5. The van der Waals surface area contributed by atoms with E-state index < -0.39 is 0 Å². The van der Waals surface area contributed by atoms with Crippen LogP contribution in [0.25, 0.3) is 0 Å². The Hall–Kier alpha value is -1.26. The molecule has 0 aliphatic rings. The van der Waals surface area contributed by atoms with Crippen molar-refractivity contribution in [2.24, 2.45) is 5.73 Å². The van der Waals surface area contributed by atoms with Crippen LogP contribution in [-0.4, -0.2) is 39.8 Å². The standard InChI is InChI=1S/C12H20N2O2/c1-14(2)10(8-13)9-6-5-7-11(15-3)12(9)16-4/h5-7,10H,8,13H2,1-4H3/t10-/m1/s1. The van der Waals surface area contributed by atoms with Gasteiger partial charge in [0.15, 0.2) is 11.5 Å². The average Bonchev–Trinajstić information content (AvgIpc) is 2.29. The molecule has 1 aromatic carbocycles. The largest absolute Gasteiger partial charge is 0.493 e. The molecule has 0 bridgehead atoms. The maximum absolute atomic E-state index is 5.78. The molecule has 0 fully saturated rings. The van der Waals surface area contributed by atoms with E-state index in [4.69, 9.17) is 15.2 Å². The van der Waals surface area contributed by atoms with E-state index in [0.29, 0.717) is 6.54 Å². The SMILES string of the molecule is COc1cccc([C@@H](CN)N(C)C)c1OC. The molecule has 0 amide bonds. The van der Waals surface area contributed by atoms with Crippen LogP contribution >= 0.6 is 0 Å². The van der Waals surface area contributed by atoms with Gasteiger partial charge in [-0.3, -0.25) is 0 Å². The van der Waals surface area contributed by atoms with Crippen LogP contribution < -0.4 is 15.2 Å². The molecule has 1 atom stereocenters. The number of rotatable bonds is 5. The second-order valence-electron chi connectivity index (χ2n) is 3.80. The minimum Gasteiger partial charge on any atom is -0.493 e. The van der Waals surface area contributed by atoms with Crippen LogP contribution in [0, 0.1) is 0 Å². The number of hydrogen-bond acceptors (Lipinski definition) is 4. The van der Waals surface area contributed by atoms with E-state index >= 15 is 0 Å². The smallest absolute Gasteiger partial charge is 0.165 e. The zero-order valence-corrected chi connectivity index (χ0v) is 10.4. The van der Waals surface area contributed by atoms with Crippen molar-refractivity contribution in [2.45, 2.75) is 6.04 Å². The van der Waals surface area contributed by atoms with Gasteiger partial charge >= 0.3 is 0 Å². The van der Waals surface area contributed by atoms with E-state index in [2.05, 4.69) is 4.90 Å². The van der Waals surface area contributed by atoms with E-state index in [0.717, 1.165) is 17.1 Å². The van der Waals surface area contributed by atoms with Gasteiger partial charge in [-0.2, -0.15) is 0 Å². The van der Waals surface area contributed by atoms with Crippen molar-refractivity contribution >= 4 is 0 Å². The number of ether oxygens (including phenoxy) is 2. The topological polar surface area (TPSA) is 47.7 Å². The number of benzene rings is 1. The molecule has 0 radical (unpaired) electrons. The highest BCUT2D eigenvalue weighted by Crippen LogP contribution is 2.35. The summed E-state index contributed by atoms with van der Waals surface area (Å²) >= 11 is 0. The molecule has 0 aliphatic heterocycles. The molecule has 90 valence electrons. The maximum atomic E-state index is 5.78. The lowest BCUT2D eigenvalue weighted by atomic mass is 10.0. The van der Waals surface area contributed by atoms with Gasteiger partial charge in [-0.05, 0) is 20.2 Å². The highest BCUT2D eigenvalue weighted by Gasteiger charge is 2.19. The molecule has 0 aliphatic carbocycles. The normalized spacial score (nSPS) is 12.6. The second kappa shape index (κ2) is 5.72.